The average molecular weight is 284 g/mol. The summed E-state index contributed by atoms with van der Waals surface area (Å²) < 4.78 is 0. The monoisotopic (exact) mass is 283 g/mol. The zero-order valence-electron chi connectivity index (χ0n) is 11.1. The molecule has 0 aliphatic heterocycles. The minimum Gasteiger partial charge on any atom is -0.481 e. The fraction of sp³-hybridized carbons (Fsp3) is 0.429. The van der Waals surface area contributed by atoms with Crippen LogP contribution in [-0.4, -0.2) is 23.5 Å². The molecule has 1 rings (SSSR count). The number of amides is 1. The molecule has 2 N–H and O–H groups in total. The van der Waals surface area contributed by atoms with Crippen LogP contribution in [0, 0.1) is 12.8 Å². The fourth-order valence-electron chi connectivity index (χ4n) is 1.49. The van der Waals surface area contributed by atoms with Gasteiger partial charge < -0.3 is 10.4 Å². The number of halogens is 1. The van der Waals surface area contributed by atoms with Crippen LogP contribution in [0.2, 0.25) is 5.02 Å². The molecule has 0 bridgehead atoms. The van der Waals surface area contributed by atoms with Crippen molar-refractivity contribution in [3.8, 4) is 0 Å². The Morgan fingerprint density at radius 2 is 2.11 bits per heavy atom. The number of nitrogens with one attached hydrogen (secondary N) is 1. The second kappa shape index (κ2) is 7.14. The summed E-state index contributed by atoms with van der Waals surface area (Å²) in [6.45, 7) is 3.64. The molecule has 0 heterocycles. The van der Waals surface area contributed by atoms with Crippen LogP contribution in [0.4, 0.5) is 0 Å². The molecule has 1 aromatic rings. The third kappa shape index (κ3) is 5.30. The molecule has 4 nitrogen and oxygen atoms in total. The molecule has 0 fully saturated rings. The summed E-state index contributed by atoms with van der Waals surface area (Å²) in [5.74, 6) is -1.63. The van der Waals surface area contributed by atoms with E-state index in [1.807, 2.05) is 25.1 Å². The Morgan fingerprint density at radius 1 is 1.42 bits per heavy atom. The molecule has 0 saturated carbocycles. The Morgan fingerprint density at radius 3 is 2.68 bits per heavy atom. The van der Waals surface area contributed by atoms with Crippen molar-refractivity contribution in [2.45, 2.75) is 26.7 Å². The summed E-state index contributed by atoms with van der Waals surface area (Å²) in [4.78, 5) is 22.2. The lowest BCUT2D eigenvalue weighted by Gasteiger charge is -2.08. The summed E-state index contributed by atoms with van der Waals surface area (Å²) in [6.07, 6.45) is 0.916. The van der Waals surface area contributed by atoms with Gasteiger partial charge in [-0.1, -0.05) is 30.7 Å². The Balaban J connectivity index is 2.37. The van der Waals surface area contributed by atoms with Crippen molar-refractivity contribution in [1.29, 1.82) is 0 Å². The molecule has 104 valence electrons. The third-order valence-electron chi connectivity index (χ3n) is 2.90. The SMILES string of the molecule is Cc1ccc(CCC(=O)NCC(C)C(=O)O)cc1Cl. The summed E-state index contributed by atoms with van der Waals surface area (Å²) in [6, 6.07) is 5.71. The number of hydrogen-bond donors (Lipinski definition) is 2. The van der Waals surface area contributed by atoms with Gasteiger partial charge in [0.15, 0.2) is 0 Å². The Kier molecular flexibility index (Phi) is 5.83. The topological polar surface area (TPSA) is 66.4 Å². The van der Waals surface area contributed by atoms with E-state index in [1.54, 1.807) is 6.92 Å². The molecular formula is C14H18ClNO3. The first-order chi connectivity index (χ1) is 8.90. The second-order valence-corrected chi connectivity index (χ2v) is 5.03. The number of carbonyl (C=O) groups excluding carboxylic acids is 1. The second-order valence-electron chi connectivity index (χ2n) is 4.63. The van der Waals surface area contributed by atoms with Gasteiger partial charge in [-0.3, -0.25) is 9.59 Å². The molecule has 0 aromatic heterocycles. The van der Waals surface area contributed by atoms with E-state index >= 15 is 0 Å². The molecule has 0 aliphatic carbocycles. The van der Waals surface area contributed by atoms with Gasteiger partial charge in [-0.05, 0) is 30.5 Å². The lowest BCUT2D eigenvalue weighted by Crippen LogP contribution is -2.31. The minimum absolute atomic E-state index is 0.148. The average Bonchev–Trinajstić information content (AvgIpc) is 2.37. The largest absolute Gasteiger partial charge is 0.481 e. The number of benzene rings is 1. The predicted molar refractivity (Wildman–Crippen MR) is 74.3 cm³/mol. The first-order valence-corrected chi connectivity index (χ1v) is 6.52. The van der Waals surface area contributed by atoms with Crippen molar-refractivity contribution in [2.24, 2.45) is 5.92 Å². The van der Waals surface area contributed by atoms with Crippen LogP contribution < -0.4 is 5.32 Å². The predicted octanol–water partition coefficient (Wildman–Crippen LogP) is 2.42. The normalized spacial score (nSPS) is 11.9. The Labute approximate surface area is 117 Å². The molecule has 0 saturated heterocycles. The highest BCUT2D eigenvalue weighted by Gasteiger charge is 2.12. The molecule has 1 atom stereocenters. The third-order valence-corrected chi connectivity index (χ3v) is 3.31. The van der Waals surface area contributed by atoms with Gasteiger partial charge in [0.1, 0.15) is 0 Å². The lowest BCUT2D eigenvalue weighted by molar-refractivity contribution is -0.141. The maximum Gasteiger partial charge on any atom is 0.308 e. The molecule has 1 aromatic carbocycles. The molecule has 5 heteroatoms. The van der Waals surface area contributed by atoms with Crippen LogP contribution in [0.1, 0.15) is 24.5 Å². The zero-order valence-corrected chi connectivity index (χ0v) is 11.8. The maximum absolute atomic E-state index is 11.6. The van der Waals surface area contributed by atoms with Crippen LogP contribution >= 0.6 is 11.6 Å². The molecule has 1 unspecified atom stereocenters. The van der Waals surface area contributed by atoms with Gasteiger partial charge in [-0.2, -0.15) is 0 Å². The van der Waals surface area contributed by atoms with E-state index in [-0.39, 0.29) is 12.5 Å². The highest BCUT2D eigenvalue weighted by atomic mass is 35.5. The highest BCUT2D eigenvalue weighted by molar-refractivity contribution is 6.31. The number of aryl methyl sites for hydroxylation is 2. The molecule has 0 aliphatic rings. The van der Waals surface area contributed by atoms with Crippen LogP contribution in [-0.2, 0) is 16.0 Å². The number of hydrogen-bond acceptors (Lipinski definition) is 2. The summed E-state index contributed by atoms with van der Waals surface area (Å²) in [5, 5.41) is 12.0. The number of carboxylic acids is 1. The van der Waals surface area contributed by atoms with Gasteiger partial charge in [0.05, 0.1) is 5.92 Å². The molecule has 1 amide bonds. The van der Waals surface area contributed by atoms with Crippen molar-refractivity contribution in [1.82, 2.24) is 5.32 Å². The van der Waals surface area contributed by atoms with E-state index in [0.717, 1.165) is 11.1 Å². The van der Waals surface area contributed by atoms with E-state index in [4.69, 9.17) is 16.7 Å². The van der Waals surface area contributed by atoms with Gasteiger partial charge in [0.2, 0.25) is 5.91 Å². The van der Waals surface area contributed by atoms with Crippen molar-refractivity contribution in [2.75, 3.05) is 6.54 Å². The standard InChI is InChI=1S/C14H18ClNO3/c1-9-3-4-11(7-12(9)15)5-6-13(17)16-8-10(2)14(18)19/h3-4,7,10H,5-6,8H2,1-2H3,(H,16,17)(H,18,19). The molecule has 0 spiro atoms. The maximum atomic E-state index is 11.6. The van der Waals surface area contributed by atoms with Gasteiger partial charge in [0.25, 0.3) is 0 Å². The van der Waals surface area contributed by atoms with E-state index in [2.05, 4.69) is 5.32 Å². The number of aliphatic carboxylic acids is 1. The fourth-order valence-corrected chi connectivity index (χ4v) is 1.70. The molecular weight excluding hydrogens is 266 g/mol. The van der Waals surface area contributed by atoms with Gasteiger partial charge >= 0.3 is 5.97 Å². The quantitative estimate of drug-likeness (QED) is 0.842. The van der Waals surface area contributed by atoms with Gasteiger partial charge in [-0.15, -0.1) is 0 Å². The van der Waals surface area contributed by atoms with Crippen molar-refractivity contribution in [3.05, 3.63) is 34.3 Å². The first kappa shape index (κ1) is 15.5. The number of rotatable bonds is 6. The van der Waals surface area contributed by atoms with Gasteiger partial charge in [-0.25, -0.2) is 0 Å². The summed E-state index contributed by atoms with van der Waals surface area (Å²) in [7, 11) is 0. The highest BCUT2D eigenvalue weighted by Crippen LogP contribution is 2.17. The van der Waals surface area contributed by atoms with Crippen LogP contribution in [0.25, 0.3) is 0 Å². The lowest BCUT2D eigenvalue weighted by atomic mass is 10.1. The van der Waals surface area contributed by atoms with Crippen LogP contribution in [0.5, 0.6) is 0 Å². The van der Waals surface area contributed by atoms with Crippen molar-refractivity contribution < 1.29 is 14.7 Å². The smallest absolute Gasteiger partial charge is 0.308 e. The van der Waals surface area contributed by atoms with E-state index < -0.39 is 11.9 Å². The molecule has 0 radical (unpaired) electrons. The molecule has 19 heavy (non-hydrogen) atoms. The summed E-state index contributed by atoms with van der Waals surface area (Å²) >= 11 is 6.00. The zero-order chi connectivity index (χ0) is 14.4. The number of carboxylic acid groups (broad SMARTS) is 1. The first-order valence-electron chi connectivity index (χ1n) is 6.14. The Hall–Kier alpha value is -1.55. The van der Waals surface area contributed by atoms with E-state index in [1.165, 1.54) is 0 Å². The van der Waals surface area contributed by atoms with Crippen LogP contribution in [0.3, 0.4) is 0 Å². The van der Waals surface area contributed by atoms with Crippen molar-refractivity contribution >= 4 is 23.5 Å². The van der Waals surface area contributed by atoms with E-state index in [9.17, 15) is 9.59 Å². The number of carbonyl (C=O) groups is 2. The summed E-state index contributed by atoms with van der Waals surface area (Å²) in [5.41, 5.74) is 2.00. The Bertz CT molecular complexity index is 474. The minimum atomic E-state index is -0.911. The van der Waals surface area contributed by atoms with Crippen molar-refractivity contribution in [3.63, 3.8) is 0 Å². The van der Waals surface area contributed by atoms with Gasteiger partial charge in [0, 0.05) is 18.0 Å². The van der Waals surface area contributed by atoms with Crippen LogP contribution in [0.15, 0.2) is 18.2 Å². The van der Waals surface area contributed by atoms with E-state index in [0.29, 0.717) is 17.9 Å².